The molecule has 3 N–H and O–H groups in total. The van der Waals surface area contributed by atoms with Crippen LogP contribution in [0.2, 0.25) is 0 Å². The van der Waals surface area contributed by atoms with Crippen molar-refractivity contribution >= 4 is 11.8 Å². The lowest BCUT2D eigenvalue weighted by Gasteiger charge is -2.18. The van der Waals surface area contributed by atoms with E-state index < -0.39 is 0 Å². The zero-order chi connectivity index (χ0) is 11.5. The third kappa shape index (κ3) is 2.24. The summed E-state index contributed by atoms with van der Waals surface area (Å²) >= 11 is 0. The minimum atomic E-state index is 0.377. The molecule has 1 aromatic heterocycles. The van der Waals surface area contributed by atoms with Gasteiger partial charge in [0, 0.05) is 30.9 Å². The van der Waals surface area contributed by atoms with Gasteiger partial charge in [-0.3, -0.25) is 0 Å². The van der Waals surface area contributed by atoms with E-state index in [0.717, 1.165) is 37.4 Å². The average Bonchev–Trinajstić information content (AvgIpc) is 2.76. The van der Waals surface area contributed by atoms with Crippen molar-refractivity contribution in [1.82, 2.24) is 15.3 Å². The number of hydrogen-bond acceptors (Lipinski definition) is 5. The topological polar surface area (TPSA) is 67.1 Å². The van der Waals surface area contributed by atoms with E-state index in [1.807, 2.05) is 13.1 Å². The third-order valence-electron chi connectivity index (χ3n) is 3.07. The molecule has 5 nitrogen and oxygen atoms in total. The van der Waals surface area contributed by atoms with Gasteiger partial charge in [-0.1, -0.05) is 6.92 Å². The second-order valence-electron chi connectivity index (χ2n) is 4.15. The molecule has 5 heteroatoms. The van der Waals surface area contributed by atoms with Gasteiger partial charge in [-0.15, -0.1) is 0 Å². The van der Waals surface area contributed by atoms with Crippen LogP contribution in [0.5, 0.6) is 0 Å². The van der Waals surface area contributed by atoms with Gasteiger partial charge in [0.1, 0.15) is 5.82 Å². The van der Waals surface area contributed by atoms with Crippen LogP contribution in [0, 0.1) is 0 Å². The number of nitrogen functional groups attached to an aromatic ring is 1. The summed E-state index contributed by atoms with van der Waals surface area (Å²) in [6.07, 6.45) is 2.05. The first-order valence-corrected chi connectivity index (χ1v) is 5.78. The summed E-state index contributed by atoms with van der Waals surface area (Å²) in [5, 5.41) is 3.29. The van der Waals surface area contributed by atoms with Crippen molar-refractivity contribution in [2.75, 3.05) is 30.8 Å². The molecule has 0 amide bonds. The van der Waals surface area contributed by atoms with Crippen molar-refractivity contribution in [3.63, 3.8) is 0 Å². The van der Waals surface area contributed by atoms with Crippen LogP contribution in [0.25, 0.3) is 0 Å². The summed E-state index contributed by atoms with van der Waals surface area (Å²) in [6.45, 7) is 4.10. The maximum absolute atomic E-state index is 5.71. The van der Waals surface area contributed by atoms with E-state index in [9.17, 15) is 0 Å². The standard InChI is InChI=1S/C11H19N5/c1-3-8-6-10(15-11(12)14-8)16-5-4-9(7-16)13-2/h6,9,13H,3-5,7H2,1-2H3,(H2,12,14,15). The number of aromatic nitrogens is 2. The average molecular weight is 221 g/mol. The van der Waals surface area contributed by atoms with Gasteiger partial charge in [-0.05, 0) is 19.9 Å². The predicted octanol–water partition coefficient (Wildman–Crippen LogP) is 0.419. The summed E-state index contributed by atoms with van der Waals surface area (Å²) in [7, 11) is 2.00. The lowest BCUT2D eigenvalue weighted by atomic mass is 10.3. The highest BCUT2D eigenvalue weighted by Crippen LogP contribution is 2.19. The Hall–Kier alpha value is -1.36. The van der Waals surface area contributed by atoms with Crippen molar-refractivity contribution in [2.45, 2.75) is 25.8 Å². The van der Waals surface area contributed by atoms with Gasteiger partial charge in [0.2, 0.25) is 5.95 Å². The van der Waals surface area contributed by atoms with Gasteiger partial charge < -0.3 is 16.0 Å². The van der Waals surface area contributed by atoms with Gasteiger partial charge in [0.05, 0.1) is 0 Å². The van der Waals surface area contributed by atoms with Crippen LogP contribution in [0.15, 0.2) is 6.07 Å². The van der Waals surface area contributed by atoms with Gasteiger partial charge >= 0.3 is 0 Å². The van der Waals surface area contributed by atoms with Crippen LogP contribution in [0.4, 0.5) is 11.8 Å². The normalized spacial score (nSPS) is 20.4. The molecular formula is C11H19N5. The molecule has 0 spiro atoms. The fourth-order valence-electron chi connectivity index (χ4n) is 2.05. The lowest BCUT2D eigenvalue weighted by molar-refractivity contribution is 0.616. The summed E-state index contributed by atoms with van der Waals surface area (Å²) in [5.74, 6) is 1.34. The number of hydrogen-bond donors (Lipinski definition) is 2. The summed E-state index contributed by atoms with van der Waals surface area (Å²) in [6, 6.07) is 2.59. The number of rotatable bonds is 3. The molecule has 0 aliphatic carbocycles. The van der Waals surface area contributed by atoms with E-state index in [0.29, 0.717) is 12.0 Å². The Labute approximate surface area is 96.1 Å². The van der Waals surface area contributed by atoms with Crippen molar-refractivity contribution in [3.05, 3.63) is 11.8 Å². The number of nitrogens with one attached hydrogen (secondary N) is 1. The summed E-state index contributed by atoms with van der Waals surface area (Å²) in [4.78, 5) is 10.7. The zero-order valence-corrected chi connectivity index (χ0v) is 9.90. The minimum absolute atomic E-state index is 0.377. The highest BCUT2D eigenvalue weighted by molar-refractivity contribution is 5.44. The Balaban J connectivity index is 2.17. The molecule has 1 fully saturated rings. The predicted molar refractivity (Wildman–Crippen MR) is 65.5 cm³/mol. The first-order chi connectivity index (χ1) is 7.72. The highest BCUT2D eigenvalue weighted by atomic mass is 15.2. The molecule has 0 saturated carbocycles. The molecule has 16 heavy (non-hydrogen) atoms. The molecule has 2 rings (SSSR count). The molecule has 1 saturated heterocycles. The molecule has 2 heterocycles. The van der Waals surface area contributed by atoms with Crippen molar-refractivity contribution in [2.24, 2.45) is 0 Å². The second kappa shape index (κ2) is 4.65. The third-order valence-corrected chi connectivity index (χ3v) is 3.07. The number of nitrogens with zero attached hydrogens (tertiary/aromatic N) is 3. The maximum atomic E-state index is 5.71. The van der Waals surface area contributed by atoms with E-state index in [4.69, 9.17) is 5.73 Å². The molecule has 0 bridgehead atoms. The number of nitrogens with two attached hydrogens (primary N) is 1. The first kappa shape index (κ1) is 11.1. The monoisotopic (exact) mass is 221 g/mol. The largest absolute Gasteiger partial charge is 0.368 e. The molecule has 1 unspecified atom stereocenters. The zero-order valence-electron chi connectivity index (χ0n) is 9.90. The van der Waals surface area contributed by atoms with Crippen LogP contribution in [0.1, 0.15) is 19.0 Å². The van der Waals surface area contributed by atoms with Crippen LogP contribution in [-0.2, 0) is 6.42 Å². The second-order valence-corrected chi connectivity index (χ2v) is 4.15. The van der Waals surface area contributed by atoms with Crippen molar-refractivity contribution in [1.29, 1.82) is 0 Å². The molecular weight excluding hydrogens is 202 g/mol. The number of anilines is 2. The van der Waals surface area contributed by atoms with Gasteiger partial charge in [-0.25, -0.2) is 4.98 Å². The Morgan fingerprint density at radius 2 is 2.38 bits per heavy atom. The van der Waals surface area contributed by atoms with E-state index in [-0.39, 0.29) is 0 Å². The Morgan fingerprint density at radius 3 is 3.00 bits per heavy atom. The molecule has 88 valence electrons. The fourth-order valence-corrected chi connectivity index (χ4v) is 2.05. The van der Waals surface area contributed by atoms with Gasteiger partial charge in [0.25, 0.3) is 0 Å². The highest BCUT2D eigenvalue weighted by Gasteiger charge is 2.22. The van der Waals surface area contributed by atoms with Crippen LogP contribution in [0.3, 0.4) is 0 Å². The minimum Gasteiger partial charge on any atom is -0.368 e. The van der Waals surface area contributed by atoms with Crippen molar-refractivity contribution in [3.8, 4) is 0 Å². The van der Waals surface area contributed by atoms with E-state index in [2.05, 4.69) is 27.1 Å². The Morgan fingerprint density at radius 1 is 1.56 bits per heavy atom. The lowest BCUT2D eigenvalue weighted by Crippen LogP contribution is -2.30. The van der Waals surface area contributed by atoms with Crippen LogP contribution >= 0.6 is 0 Å². The first-order valence-electron chi connectivity index (χ1n) is 5.78. The van der Waals surface area contributed by atoms with E-state index in [1.54, 1.807) is 0 Å². The van der Waals surface area contributed by atoms with E-state index in [1.165, 1.54) is 0 Å². The molecule has 1 atom stereocenters. The van der Waals surface area contributed by atoms with Crippen molar-refractivity contribution < 1.29 is 0 Å². The maximum Gasteiger partial charge on any atom is 0.222 e. The quantitative estimate of drug-likeness (QED) is 0.774. The molecule has 1 aromatic rings. The number of aryl methyl sites for hydroxylation is 1. The van der Waals surface area contributed by atoms with E-state index >= 15 is 0 Å². The Kier molecular flexibility index (Phi) is 3.24. The van der Waals surface area contributed by atoms with Gasteiger partial charge in [-0.2, -0.15) is 4.98 Å². The molecule has 1 aliphatic rings. The summed E-state index contributed by atoms with van der Waals surface area (Å²) in [5.41, 5.74) is 6.71. The molecule has 0 aromatic carbocycles. The van der Waals surface area contributed by atoms with Gasteiger partial charge in [0.15, 0.2) is 0 Å². The SMILES string of the molecule is CCc1cc(N2CCC(NC)C2)nc(N)n1. The van der Waals surface area contributed by atoms with Crippen LogP contribution in [-0.4, -0.2) is 36.1 Å². The molecule has 0 radical (unpaired) electrons. The Bertz CT molecular complexity index is 365. The molecule has 1 aliphatic heterocycles. The number of likely N-dealkylation sites (N-methyl/N-ethyl adjacent to an activating group) is 1. The smallest absolute Gasteiger partial charge is 0.222 e. The summed E-state index contributed by atoms with van der Waals surface area (Å²) < 4.78 is 0. The fraction of sp³-hybridized carbons (Fsp3) is 0.636. The van der Waals surface area contributed by atoms with Crippen LogP contribution < -0.4 is 16.0 Å².